The van der Waals surface area contributed by atoms with E-state index in [-0.39, 0.29) is 5.91 Å². The molecule has 1 aliphatic heterocycles. The summed E-state index contributed by atoms with van der Waals surface area (Å²) < 4.78 is -0.449. The first-order chi connectivity index (χ1) is 7.83. The van der Waals surface area contributed by atoms with Gasteiger partial charge in [-0.15, -0.1) is 0 Å². The summed E-state index contributed by atoms with van der Waals surface area (Å²) >= 11 is 1.48. The zero-order chi connectivity index (χ0) is 13.1. The third kappa shape index (κ3) is 3.81. The first-order valence-corrected chi connectivity index (χ1v) is 6.10. The van der Waals surface area contributed by atoms with Crippen molar-refractivity contribution in [3.63, 3.8) is 0 Å². The molecule has 0 bridgehead atoms. The highest BCUT2D eigenvalue weighted by molar-refractivity contribution is 8.00. The molecule has 0 aromatic rings. The van der Waals surface area contributed by atoms with Crippen LogP contribution in [0.5, 0.6) is 0 Å². The van der Waals surface area contributed by atoms with Crippen LogP contribution in [0.25, 0.3) is 0 Å². The van der Waals surface area contributed by atoms with Crippen molar-refractivity contribution in [1.29, 1.82) is 0 Å². The monoisotopic (exact) mass is 260 g/mol. The molecule has 8 heteroatoms. The molecule has 1 unspecified atom stereocenters. The Kier molecular flexibility index (Phi) is 4.22. The van der Waals surface area contributed by atoms with E-state index >= 15 is 0 Å². The van der Waals surface area contributed by atoms with E-state index in [9.17, 15) is 14.4 Å². The average Bonchev–Trinajstić information content (AvgIpc) is 2.53. The minimum Gasteiger partial charge on any atom is -0.352 e. The van der Waals surface area contributed by atoms with Gasteiger partial charge in [0.15, 0.2) is 0 Å². The minimum absolute atomic E-state index is 0.324. The topological polar surface area (TPSA) is 113 Å². The summed E-state index contributed by atoms with van der Waals surface area (Å²) in [7, 11) is 0. The van der Waals surface area contributed by atoms with Gasteiger partial charge < -0.3 is 16.4 Å². The summed E-state index contributed by atoms with van der Waals surface area (Å²) in [4.78, 5) is 32.9. The van der Waals surface area contributed by atoms with Crippen LogP contribution in [0.2, 0.25) is 0 Å². The van der Waals surface area contributed by atoms with Crippen molar-refractivity contribution in [2.45, 2.75) is 24.6 Å². The molecule has 5 amide bonds. The van der Waals surface area contributed by atoms with Crippen molar-refractivity contribution < 1.29 is 14.4 Å². The molecule has 96 valence electrons. The number of hydrogen-bond donors (Lipinski definition) is 4. The van der Waals surface area contributed by atoms with Gasteiger partial charge >= 0.3 is 12.1 Å². The van der Waals surface area contributed by atoms with Gasteiger partial charge in [0.2, 0.25) is 0 Å². The summed E-state index contributed by atoms with van der Waals surface area (Å²) in [5, 5.41) is 7.21. The van der Waals surface area contributed by atoms with Crippen LogP contribution in [0, 0.1) is 0 Å². The largest absolute Gasteiger partial charge is 0.352 e. The Morgan fingerprint density at radius 3 is 2.65 bits per heavy atom. The molecular formula is C9H16N4O3S. The van der Waals surface area contributed by atoms with Crippen molar-refractivity contribution in [3.8, 4) is 0 Å². The molecule has 0 radical (unpaired) electrons. The molecule has 0 aromatic heterocycles. The van der Waals surface area contributed by atoms with Crippen LogP contribution < -0.4 is 21.7 Å². The second-order valence-electron chi connectivity index (χ2n) is 4.14. The molecule has 0 aliphatic carbocycles. The Labute approximate surface area is 103 Å². The number of thioether (sulfide) groups is 1. The molecule has 1 atom stereocenters. The van der Waals surface area contributed by atoms with Crippen molar-refractivity contribution in [2.75, 3.05) is 12.3 Å². The van der Waals surface area contributed by atoms with Gasteiger partial charge in [0.05, 0.1) is 0 Å². The van der Waals surface area contributed by atoms with E-state index in [2.05, 4.69) is 16.0 Å². The Hall–Kier alpha value is -1.44. The Bertz CT molecular complexity index is 345. The molecule has 1 rings (SSSR count). The van der Waals surface area contributed by atoms with Gasteiger partial charge in [0, 0.05) is 17.0 Å². The first-order valence-electron chi connectivity index (χ1n) is 5.11. The zero-order valence-electron chi connectivity index (χ0n) is 9.70. The predicted octanol–water partition coefficient (Wildman–Crippen LogP) is -0.625. The highest BCUT2D eigenvalue weighted by Gasteiger charge is 2.41. The smallest absolute Gasteiger partial charge is 0.322 e. The summed E-state index contributed by atoms with van der Waals surface area (Å²) in [5.41, 5.74) is 4.92. The van der Waals surface area contributed by atoms with E-state index in [1.165, 1.54) is 11.8 Å². The highest BCUT2D eigenvalue weighted by atomic mass is 32.2. The van der Waals surface area contributed by atoms with Crippen LogP contribution in [0.15, 0.2) is 0 Å². The van der Waals surface area contributed by atoms with Crippen molar-refractivity contribution >= 4 is 29.7 Å². The number of nitrogens with one attached hydrogen (secondary N) is 3. The molecule has 1 aliphatic rings. The van der Waals surface area contributed by atoms with Crippen LogP contribution in [-0.4, -0.2) is 41.1 Å². The second-order valence-corrected chi connectivity index (χ2v) is 5.89. The third-order valence-corrected chi connectivity index (χ3v) is 3.73. The number of urea groups is 2. The fraction of sp³-hybridized carbons (Fsp3) is 0.667. The normalized spacial score (nSPS) is 19.8. The van der Waals surface area contributed by atoms with E-state index in [0.717, 1.165) is 0 Å². The average molecular weight is 260 g/mol. The maximum atomic E-state index is 11.5. The number of amides is 5. The predicted molar refractivity (Wildman–Crippen MR) is 64.6 cm³/mol. The Morgan fingerprint density at radius 1 is 1.53 bits per heavy atom. The zero-order valence-corrected chi connectivity index (χ0v) is 10.5. The first kappa shape index (κ1) is 13.6. The molecule has 7 nitrogen and oxygen atoms in total. The summed E-state index contributed by atoms with van der Waals surface area (Å²) in [5.74, 6) is 0.283. The lowest BCUT2D eigenvalue weighted by atomic mass is 10.0. The molecular weight excluding hydrogens is 244 g/mol. The number of primary amides is 1. The molecule has 17 heavy (non-hydrogen) atoms. The van der Waals surface area contributed by atoms with Crippen LogP contribution >= 0.6 is 11.8 Å². The van der Waals surface area contributed by atoms with Gasteiger partial charge in [-0.25, -0.2) is 9.59 Å². The van der Waals surface area contributed by atoms with Crippen LogP contribution in [0.4, 0.5) is 9.59 Å². The van der Waals surface area contributed by atoms with E-state index in [4.69, 9.17) is 5.73 Å². The Morgan fingerprint density at radius 2 is 2.18 bits per heavy atom. The van der Waals surface area contributed by atoms with Gasteiger partial charge in [-0.05, 0) is 13.8 Å². The molecule has 5 N–H and O–H groups in total. The van der Waals surface area contributed by atoms with Gasteiger partial charge in [0.1, 0.15) is 6.04 Å². The minimum atomic E-state index is -0.574. The van der Waals surface area contributed by atoms with Crippen LogP contribution in [0.1, 0.15) is 13.8 Å². The quantitative estimate of drug-likeness (QED) is 0.389. The number of nitrogens with two attached hydrogens (primary N) is 1. The third-order valence-electron chi connectivity index (χ3n) is 2.34. The fourth-order valence-electron chi connectivity index (χ4n) is 1.48. The van der Waals surface area contributed by atoms with Crippen LogP contribution in [0.3, 0.4) is 0 Å². The molecule has 0 spiro atoms. The summed E-state index contributed by atoms with van der Waals surface area (Å²) in [6.07, 6.45) is 0. The lowest BCUT2D eigenvalue weighted by molar-refractivity contribution is -0.120. The number of hydrogen-bond acceptors (Lipinski definition) is 4. The summed E-state index contributed by atoms with van der Waals surface area (Å²) in [6.45, 7) is 4.14. The van der Waals surface area contributed by atoms with Gasteiger partial charge in [-0.2, -0.15) is 11.8 Å². The van der Waals surface area contributed by atoms with E-state index in [0.29, 0.717) is 12.3 Å². The highest BCUT2D eigenvalue weighted by Crippen LogP contribution is 2.29. The molecule has 0 saturated carbocycles. The number of carbonyl (C=O) groups excluding carboxylic acids is 3. The number of carbonyl (C=O) groups is 3. The van der Waals surface area contributed by atoms with E-state index in [1.807, 2.05) is 13.8 Å². The van der Waals surface area contributed by atoms with E-state index in [1.54, 1.807) is 0 Å². The number of imide groups is 1. The Balaban J connectivity index is 2.42. The van der Waals surface area contributed by atoms with Gasteiger partial charge in [-0.3, -0.25) is 10.1 Å². The summed E-state index contributed by atoms with van der Waals surface area (Å²) in [6, 6.07) is -1.60. The molecule has 1 fully saturated rings. The fourth-order valence-corrected chi connectivity index (χ4v) is 2.54. The second kappa shape index (κ2) is 5.26. The number of rotatable bonds is 5. The molecule has 1 saturated heterocycles. The van der Waals surface area contributed by atoms with E-state index < -0.39 is 22.9 Å². The van der Waals surface area contributed by atoms with Crippen molar-refractivity contribution in [3.05, 3.63) is 0 Å². The standard InChI is InChI=1S/C9H16N4O3S/c1-9(2,17-4-3-11-7(10)15)5-6(14)13-8(16)12-5/h5H,3-4H2,1-2H3,(H3,10,11,15)(H2,12,13,14,16). The lowest BCUT2D eigenvalue weighted by Gasteiger charge is -2.28. The lowest BCUT2D eigenvalue weighted by Crippen LogP contribution is -2.46. The van der Waals surface area contributed by atoms with Crippen molar-refractivity contribution in [2.24, 2.45) is 5.73 Å². The molecule has 1 heterocycles. The maximum absolute atomic E-state index is 11.5. The van der Waals surface area contributed by atoms with Crippen molar-refractivity contribution in [1.82, 2.24) is 16.0 Å². The van der Waals surface area contributed by atoms with Crippen LogP contribution in [-0.2, 0) is 4.79 Å². The molecule has 0 aromatic carbocycles. The van der Waals surface area contributed by atoms with Gasteiger partial charge in [0.25, 0.3) is 5.91 Å². The maximum Gasteiger partial charge on any atom is 0.322 e. The van der Waals surface area contributed by atoms with Gasteiger partial charge in [-0.1, -0.05) is 0 Å². The SMILES string of the molecule is CC(C)(SCCNC(N)=O)C1NC(=O)NC1=O.